The van der Waals surface area contributed by atoms with Crippen LogP contribution in [0.3, 0.4) is 0 Å². The molecule has 3 heteroatoms. The van der Waals surface area contributed by atoms with E-state index in [9.17, 15) is 4.57 Å². The van der Waals surface area contributed by atoms with Crippen LogP contribution >= 0.6 is 8.46 Å². The van der Waals surface area contributed by atoms with Crippen LogP contribution in [0.25, 0.3) is 5.57 Å². The van der Waals surface area contributed by atoms with E-state index >= 15 is 0 Å². The van der Waals surface area contributed by atoms with E-state index in [4.69, 9.17) is 0 Å². The molecule has 0 aromatic carbocycles. The molecule has 0 aliphatic rings. The van der Waals surface area contributed by atoms with Crippen LogP contribution in [0, 0.1) is 0 Å². The lowest BCUT2D eigenvalue weighted by molar-refractivity contribution is 0.512. The van der Waals surface area contributed by atoms with Gasteiger partial charge in [0.25, 0.3) is 0 Å². The van der Waals surface area contributed by atoms with Gasteiger partial charge in [-0.2, -0.15) is 0 Å². The Morgan fingerprint density at radius 2 is 2.06 bits per heavy atom. The number of hydrogen-bond donors (Lipinski definition) is 0. The van der Waals surface area contributed by atoms with Crippen molar-refractivity contribution in [1.29, 1.82) is 0 Å². The van der Waals surface area contributed by atoms with Gasteiger partial charge in [-0.25, -0.2) is 0 Å². The smallest absolute Gasteiger partial charge is 0.168 e. The Morgan fingerprint density at radius 1 is 1.44 bits per heavy atom. The van der Waals surface area contributed by atoms with Crippen molar-refractivity contribution >= 4 is 14.0 Å². The van der Waals surface area contributed by atoms with Crippen molar-refractivity contribution in [1.82, 2.24) is 4.98 Å². The van der Waals surface area contributed by atoms with Gasteiger partial charge in [0.2, 0.25) is 0 Å². The van der Waals surface area contributed by atoms with Crippen LogP contribution in [0.15, 0.2) is 24.8 Å². The molecular formula is C13H18NOP. The molecule has 0 atom stereocenters. The maximum Gasteiger partial charge on any atom is 0.168 e. The summed E-state index contributed by atoms with van der Waals surface area (Å²) in [4.78, 5) is 4.55. The summed E-state index contributed by atoms with van der Waals surface area (Å²) in [6.45, 7) is 9.90. The average molecular weight is 235 g/mol. The van der Waals surface area contributed by atoms with E-state index in [2.05, 4.69) is 11.6 Å². The molecule has 0 bridgehead atoms. The molecule has 1 aromatic heterocycles. The van der Waals surface area contributed by atoms with E-state index in [0.717, 1.165) is 29.8 Å². The molecule has 0 spiro atoms. The third kappa shape index (κ3) is 2.38. The molecule has 0 amide bonds. The number of pyridine rings is 1. The maximum atomic E-state index is 11.4. The first-order valence-corrected chi connectivity index (χ1v) is 6.38. The number of nitrogens with zero attached hydrogens (tertiary/aromatic N) is 1. The van der Waals surface area contributed by atoms with Crippen molar-refractivity contribution in [2.75, 3.05) is 0 Å². The van der Waals surface area contributed by atoms with Gasteiger partial charge in [0, 0.05) is 0 Å². The second-order valence-electron chi connectivity index (χ2n) is 4.02. The van der Waals surface area contributed by atoms with Gasteiger partial charge >= 0.3 is 0 Å². The molecule has 1 aromatic rings. The molecule has 86 valence electrons. The highest BCUT2D eigenvalue weighted by Gasteiger charge is 2.30. The van der Waals surface area contributed by atoms with Crippen LogP contribution in [0.5, 0.6) is 0 Å². The first-order chi connectivity index (χ1) is 7.59. The lowest BCUT2D eigenvalue weighted by Crippen LogP contribution is -2.18. The molecule has 1 heterocycles. The highest BCUT2D eigenvalue weighted by atomic mass is 31.1. The quantitative estimate of drug-likeness (QED) is 0.707. The molecule has 16 heavy (non-hydrogen) atoms. The summed E-state index contributed by atoms with van der Waals surface area (Å²) in [5.41, 5.74) is 2.72. The molecule has 2 nitrogen and oxygen atoms in total. The van der Waals surface area contributed by atoms with Gasteiger partial charge < -0.3 is 0 Å². The lowest BCUT2D eigenvalue weighted by Gasteiger charge is -2.23. The summed E-state index contributed by atoms with van der Waals surface area (Å²) in [7, 11) is 0.147. The van der Waals surface area contributed by atoms with E-state index in [0.29, 0.717) is 0 Å². The number of hydrogen-bond acceptors (Lipinski definition) is 2. The van der Waals surface area contributed by atoms with Gasteiger partial charge in [0.1, 0.15) is 0 Å². The average Bonchev–Trinajstić information content (AvgIpc) is 2.32. The molecule has 0 aliphatic carbocycles. The monoisotopic (exact) mass is 235 g/mol. The van der Waals surface area contributed by atoms with Crippen LogP contribution < -0.4 is 0 Å². The van der Waals surface area contributed by atoms with Crippen molar-refractivity contribution in [3.63, 3.8) is 0 Å². The summed E-state index contributed by atoms with van der Waals surface area (Å²) < 4.78 is 11.4. The zero-order valence-electron chi connectivity index (χ0n) is 10.2. The zero-order valence-corrected chi connectivity index (χ0v) is 11.1. The fourth-order valence-electron chi connectivity index (χ4n) is 1.72. The highest BCUT2D eigenvalue weighted by molar-refractivity contribution is 7.25. The second kappa shape index (κ2) is 5.36. The summed E-state index contributed by atoms with van der Waals surface area (Å²) in [5.74, 6) is 0. The summed E-state index contributed by atoms with van der Waals surface area (Å²) in [6.07, 6.45) is 1.64. The van der Waals surface area contributed by atoms with E-state index in [1.807, 2.05) is 39.0 Å². The molecule has 0 N–H and O–H groups in total. The normalized spacial score (nSPS) is 11.7. The molecule has 0 saturated carbocycles. The Bertz CT molecular complexity index is 397. The predicted molar refractivity (Wildman–Crippen MR) is 68.8 cm³/mol. The third-order valence-corrected chi connectivity index (χ3v) is 4.22. The van der Waals surface area contributed by atoms with Gasteiger partial charge in [0.15, 0.2) is 8.46 Å². The van der Waals surface area contributed by atoms with Gasteiger partial charge in [-0.05, 0) is 37.5 Å². The van der Waals surface area contributed by atoms with Crippen LogP contribution in [0.4, 0.5) is 0 Å². The van der Waals surface area contributed by atoms with Crippen molar-refractivity contribution < 1.29 is 4.57 Å². The number of rotatable bonds is 5. The SMILES string of the molecule is C=C(C)c1cccc(C(CC)(CC)P=O)n1. The van der Waals surface area contributed by atoms with E-state index in [-0.39, 0.29) is 13.6 Å². The van der Waals surface area contributed by atoms with Gasteiger partial charge in [-0.15, -0.1) is 0 Å². The number of aromatic nitrogens is 1. The molecule has 0 fully saturated rings. The minimum absolute atomic E-state index is 0.147. The molecular weight excluding hydrogens is 217 g/mol. The fraction of sp³-hybridized carbons (Fsp3) is 0.462. The second-order valence-corrected chi connectivity index (χ2v) is 5.06. The Balaban J connectivity index is 3.25. The van der Waals surface area contributed by atoms with Gasteiger partial charge in [0.05, 0.1) is 16.5 Å². The van der Waals surface area contributed by atoms with E-state index in [1.165, 1.54) is 0 Å². The van der Waals surface area contributed by atoms with Gasteiger partial charge in [-0.1, -0.05) is 26.5 Å². The molecule has 0 radical (unpaired) electrons. The summed E-state index contributed by atoms with van der Waals surface area (Å²) >= 11 is 0. The summed E-state index contributed by atoms with van der Waals surface area (Å²) in [6, 6.07) is 5.84. The third-order valence-electron chi connectivity index (χ3n) is 3.01. The Morgan fingerprint density at radius 3 is 2.50 bits per heavy atom. The fourth-order valence-corrected chi connectivity index (χ4v) is 2.20. The van der Waals surface area contributed by atoms with Crippen molar-refractivity contribution in [3.05, 3.63) is 36.2 Å². The topological polar surface area (TPSA) is 30.0 Å². The molecule has 0 unspecified atom stereocenters. The molecule has 1 rings (SSSR count). The largest absolute Gasteiger partial charge is 0.274 e. The number of allylic oxidation sites excluding steroid dienone is 1. The highest BCUT2D eigenvalue weighted by Crippen LogP contribution is 2.40. The lowest BCUT2D eigenvalue weighted by atomic mass is 9.97. The summed E-state index contributed by atoms with van der Waals surface area (Å²) in [5, 5.41) is -0.342. The van der Waals surface area contributed by atoms with Crippen LogP contribution in [-0.2, 0) is 9.72 Å². The van der Waals surface area contributed by atoms with Gasteiger partial charge in [-0.3, -0.25) is 9.55 Å². The molecule has 0 aliphatic heterocycles. The van der Waals surface area contributed by atoms with E-state index in [1.54, 1.807) is 0 Å². The Labute approximate surface area is 99.0 Å². The van der Waals surface area contributed by atoms with Crippen LogP contribution in [0.1, 0.15) is 45.0 Å². The first-order valence-electron chi connectivity index (χ1n) is 5.57. The first kappa shape index (κ1) is 13.1. The van der Waals surface area contributed by atoms with Crippen LogP contribution in [-0.4, -0.2) is 4.98 Å². The zero-order chi connectivity index (χ0) is 12.2. The minimum Gasteiger partial charge on any atom is -0.274 e. The van der Waals surface area contributed by atoms with E-state index < -0.39 is 0 Å². The van der Waals surface area contributed by atoms with Crippen molar-refractivity contribution in [2.45, 2.75) is 38.8 Å². The van der Waals surface area contributed by atoms with Crippen molar-refractivity contribution in [3.8, 4) is 0 Å². The Kier molecular flexibility index (Phi) is 4.37. The molecule has 0 saturated heterocycles. The van der Waals surface area contributed by atoms with Crippen LogP contribution in [0.2, 0.25) is 0 Å². The minimum atomic E-state index is -0.342. The van der Waals surface area contributed by atoms with Crippen molar-refractivity contribution in [2.24, 2.45) is 0 Å². The maximum absolute atomic E-state index is 11.4. The Hall–Kier alpha value is -1.01. The predicted octanol–water partition coefficient (Wildman–Crippen LogP) is 4.42. The standard InChI is InChI=1S/C13H18NOP/c1-5-13(6-2,16-15)12-9-7-8-11(14-12)10(3)4/h7-9H,3,5-6H2,1-2,4H3.